The summed E-state index contributed by atoms with van der Waals surface area (Å²) in [6.07, 6.45) is 7.99. The quantitative estimate of drug-likeness (QED) is 0.918. The van der Waals surface area contributed by atoms with Crippen molar-refractivity contribution < 1.29 is 0 Å². The van der Waals surface area contributed by atoms with Gasteiger partial charge in [-0.25, -0.2) is 0 Å². The number of benzene rings is 1. The van der Waals surface area contributed by atoms with Gasteiger partial charge >= 0.3 is 0 Å². The van der Waals surface area contributed by atoms with E-state index in [-0.39, 0.29) is 0 Å². The van der Waals surface area contributed by atoms with Crippen LogP contribution in [-0.4, -0.2) is 32.5 Å². The average molecular weight is 288 g/mol. The minimum atomic E-state index is 0.617. The summed E-state index contributed by atoms with van der Waals surface area (Å²) >= 11 is 1.97. The van der Waals surface area contributed by atoms with E-state index < -0.39 is 0 Å². The Balaban J connectivity index is 1.60. The fourth-order valence-electron chi connectivity index (χ4n) is 2.74. The summed E-state index contributed by atoms with van der Waals surface area (Å²) in [7, 11) is 0. The normalized spacial score (nSPS) is 22.2. The molecule has 1 aliphatic carbocycles. The van der Waals surface area contributed by atoms with Gasteiger partial charge in [-0.3, -0.25) is 0 Å². The molecule has 0 bridgehead atoms. The van der Waals surface area contributed by atoms with Crippen molar-refractivity contribution in [2.75, 3.05) is 6.26 Å². The molecule has 4 nitrogen and oxygen atoms in total. The minimum Gasteiger partial charge on any atom is -0.307 e. The number of nitrogens with zero attached hydrogens (tertiary/aromatic N) is 3. The molecule has 1 saturated carbocycles. The molecule has 106 valence electrons. The van der Waals surface area contributed by atoms with Gasteiger partial charge in [0.15, 0.2) is 0 Å². The molecule has 1 heterocycles. The fraction of sp³-hybridized carbons (Fsp3) is 0.467. The van der Waals surface area contributed by atoms with E-state index >= 15 is 0 Å². The number of hydrogen-bond donors (Lipinski definition) is 1. The Kier molecular flexibility index (Phi) is 4.38. The highest BCUT2D eigenvalue weighted by molar-refractivity contribution is 7.99. The molecule has 3 rings (SSSR count). The minimum absolute atomic E-state index is 0.617. The van der Waals surface area contributed by atoms with Gasteiger partial charge in [0.2, 0.25) is 0 Å². The monoisotopic (exact) mass is 288 g/mol. The second kappa shape index (κ2) is 6.41. The third kappa shape index (κ3) is 3.04. The van der Waals surface area contributed by atoms with Crippen molar-refractivity contribution >= 4 is 11.8 Å². The number of nitrogens with one attached hydrogen (secondary N) is 1. The van der Waals surface area contributed by atoms with Crippen molar-refractivity contribution in [3.05, 3.63) is 42.2 Å². The molecule has 0 saturated heterocycles. The molecule has 0 aliphatic heterocycles. The molecule has 1 aromatic heterocycles. The van der Waals surface area contributed by atoms with E-state index in [9.17, 15) is 0 Å². The number of thioether (sulfide) groups is 1. The van der Waals surface area contributed by atoms with E-state index in [4.69, 9.17) is 0 Å². The Bertz CT molecular complexity index is 540. The molecule has 5 heteroatoms. The Morgan fingerprint density at radius 1 is 1.30 bits per heavy atom. The van der Waals surface area contributed by atoms with Gasteiger partial charge in [-0.05, 0) is 31.2 Å². The first-order valence-electron chi connectivity index (χ1n) is 7.09. The average Bonchev–Trinajstić information content (AvgIpc) is 3.15. The number of aromatic nitrogens is 3. The van der Waals surface area contributed by atoms with Crippen LogP contribution in [-0.2, 0) is 6.54 Å². The Hall–Kier alpha value is -1.33. The maximum atomic E-state index is 4.53. The fourth-order valence-corrected chi connectivity index (χ4v) is 3.70. The standard InChI is InChI=1S/C15H20N4S/c1-20-15-9-5-8-14(15)16-10-12-11-17-19(18-12)13-6-3-2-4-7-13/h2-4,6-7,11,14-16H,5,8-10H2,1H3. The third-order valence-corrected chi connectivity index (χ3v) is 5.00. The highest BCUT2D eigenvalue weighted by atomic mass is 32.2. The van der Waals surface area contributed by atoms with Crippen molar-refractivity contribution in [2.45, 2.75) is 37.1 Å². The van der Waals surface area contributed by atoms with Crippen LogP contribution >= 0.6 is 11.8 Å². The molecule has 1 fully saturated rings. The van der Waals surface area contributed by atoms with Crippen LogP contribution in [0.25, 0.3) is 5.69 Å². The first kappa shape index (κ1) is 13.6. The zero-order valence-electron chi connectivity index (χ0n) is 11.7. The van der Waals surface area contributed by atoms with Crippen molar-refractivity contribution in [1.29, 1.82) is 0 Å². The van der Waals surface area contributed by atoms with Gasteiger partial charge in [0.05, 0.1) is 17.6 Å². The first-order valence-corrected chi connectivity index (χ1v) is 8.38. The molecule has 2 unspecified atom stereocenters. The van der Waals surface area contributed by atoms with Crippen molar-refractivity contribution in [3.63, 3.8) is 0 Å². The number of para-hydroxylation sites is 1. The summed E-state index contributed by atoms with van der Waals surface area (Å²) in [6, 6.07) is 10.6. The molecular weight excluding hydrogens is 268 g/mol. The predicted molar refractivity (Wildman–Crippen MR) is 83.1 cm³/mol. The lowest BCUT2D eigenvalue weighted by Gasteiger charge is -2.18. The number of rotatable bonds is 5. The SMILES string of the molecule is CSC1CCCC1NCc1cnn(-c2ccccc2)n1. The van der Waals surface area contributed by atoms with Gasteiger partial charge in [-0.1, -0.05) is 24.6 Å². The Morgan fingerprint density at radius 2 is 2.15 bits per heavy atom. The van der Waals surface area contributed by atoms with Crippen LogP contribution in [0.4, 0.5) is 0 Å². The lowest BCUT2D eigenvalue weighted by atomic mass is 10.2. The molecule has 0 amide bonds. The van der Waals surface area contributed by atoms with Crippen LogP contribution in [0.15, 0.2) is 36.5 Å². The molecule has 1 aromatic carbocycles. The van der Waals surface area contributed by atoms with Crippen LogP contribution < -0.4 is 5.32 Å². The van der Waals surface area contributed by atoms with Gasteiger partial charge in [-0.15, -0.1) is 0 Å². The second-order valence-corrected chi connectivity index (χ2v) is 6.23. The summed E-state index contributed by atoms with van der Waals surface area (Å²) in [5.74, 6) is 0. The molecule has 2 atom stereocenters. The van der Waals surface area contributed by atoms with Crippen LogP contribution in [0, 0.1) is 0 Å². The van der Waals surface area contributed by atoms with E-state index in [1.807, 2.05) is 48.3 Å². The Labute approximate surface area is 124 Å². The van der Waals surface area contributed by atoms with Gasteiger partial charge in [0.1, 0.15) is 0 Å². The molecule has 2 aromatic rings. The molecule has 20 heavy (non-hydrogen) atoms. The molecule has 1 aliphatic rings. The third-order valence-electron chi connectivity index (χ3n) is 3.83. The molecule has 0 radical (unpaired) electrons. The summed E-state index contributed by atoms with van der Waals surface area (Å²) in [5.41, 5.74) is 2.00. The number of hydrogen-bond acceptors (Lipinski definition) is 4. The molecule has 0 spiro atoms. The second-order valence-electron chi connectivity index (χ2n) is 5.15. The molecular formula is C15H20N4S. The van der Waals surface area contributed by atoms with Gasteiger partial charge in [-0.2, -0.15) is 26.8 Å². The van der Waals surface area contributed by atoms with Crippen LogP contribution in [0.3, 0.4) is 0 Å². The van der Waals surface area contributed by atoms with Crippen molar-refractivity contribution in [1.82, 2.24) is 20.3 Å². The summed E-state index contributed by atoms with van der Waals surface area (Å²) in [5, 5.41) is 13.2. The zero-order chi connectivity index (χ0) is 13.8. The summed E-state index contributed by atoms with van der Waals surface area (Å²) in [4.78, 5) is 1.69. The molecule has 1 N–H and O–H groups in total. The van der Waals surface area contributed by atoms with E-state index in [1.54, 1.807) is 4.80 Å². The highest BCUT2D eigenvalue weighted by Gasteiger charge is 2.25. The predicted octanol–water partition coefficient (Wildman–Crippen LogP) is 2.64. The lowest BCUT2D eigenvalue weighted by Crippen LogP contribution is -2.33. The van der Waals surface area contributed by atoms with Crippen molar-refractivity contribution in [3.8, 4) is 5.69 Å². The highest BCUT2D eigenvalue weighted by Crippen LogP contribution is 2.28. The summed E-state index contributed by atoms with van der Waals surface area (Å²) < 4.78 is 0. The largest absolute Gasteiger partial charge is 0.307 e. The van der Waals surface area contributed by atoms with Crippen LogP contribution in [0.1, 0.15) is 25.0 Å². The zero-order valence-corrected chi connectivity index (χ0v) is 12.5. The maximum absolute atomic E-state index is 4.53. The topological polar surface area (TPSA) is 42.7 Å². The van der Waals surface area contributed by atoms with Gasteiger partial charge in [0.25, 0.3) is 0 Å². The lowest BCUT2D eigenvalue weighted by molar-refractivity contribution is 0.525. The smallest absolute Gasteiger partial charge is 0.0969 e. The van der Waals surface area contributed by atoms with Gasteiger partial charge in [0, 0.05) is 17.8 Å². The van der Waals surface area contributed by atoms with Gasteiger partial charge < -0.3 is 5.32 Å². The maximum Gasteiger partial charge on any atom is 0.0969 e. The summed E-state index contributed by atoms with van der Waals surface area (Å²) in [6.45, 7) is 0.800. The van der Waals surface area contributed by atoms with Crippen LogP contribution in [0.5, 0.6) is 0 Å². The van der Waals surface area contributed by atoms with E-state index in [1.165, 1.54) is 19.3 Å². The van der Waals surface area contributed by atoms with Crippen molar-refractivity contribution in [2.24, 2.45) is 0 Å². The van der Waals surface area contributed by atoms with E-state index in [0.717, 1.165) is 23.2 Å². The Morgan fingerprint density at radius 3 is 2.95 bits per heavy atom. The first-order chi connectivity index (χ1) is 9.86. The van der Waals surface area contributed by atoms with Crippen LogP contribution in [0.2, 0.25) is 0 Å². The van der Waals surface area contributed by atoms with E-state index in [2.05, 4.69) is 21.8 Å². The van der Waals surface area contributed by atoms with E-state index in [0.29, 0.717) is 6.04 Å².